The molecular formula is C26H26ClFN4O2S. The number of benzene rings is 2. The van der Waals surface area contributed by atoms with Crippen molar-refractivity contribution in [2.45, 2.75) is 62.1 Å². The van der Waals surface area contributed by atoms with Crippen LogP contribution in [0.25, 0.3) is 0 Å². The van der Waals surface area contributed by atoms with Gasteiger partial charge in [-0.1, -0.05) is 60.1 Å². The molecule has 1 fully saturated rings. The van der Waals surface area contributed by atoms with Crippen LogP contribution in [0.15, 0.2) is 65.0 Å². The van der Waals surface area contributed by atoms with Gasteiger partial charge in [0, 0.05) is 16.5 Å². The van der Waals surface area contributed by atoms with Crippen molar-refractivity contribution in [3.63, 3.8) is 0 Å². The van der Waals surface area contributed by atoms with Crippen LogP contribution in [0.2, 0.25) is 5.02 Å². The maximum Gasteiger partial charge on any atom is 0.338 e. The Kier molecular flexibility index (Phi) is 7.11. The molecule has 3 aromatic rings. The highest BCUT2D eigenvalue weighted by Crippen LogP contribution is 2.38. The van der Waals surface area contributed by atoms with E-state index in [1.54, 1.807) is 16.8 Å². The van der Waals surface area contributed by atoms with Crippen molar-refractivity contribution >= 4 is 35.3 Å². The molecule has 2 heterocycles. The second kappa shape index (κ2) is 10.4. The lowest BCUT2D eigenvalue weighted by atomic mass is 9.95. The quantitative estimate of drug-likeness (QED) is 0.299. The van der Waals surface area contributed by atoms with E-state index in [4.69, 9.17) is 21.4 Å². The number of esters is 1. The molecule has 1 aliphatic heterocycles. The summed E-state index contributed by atoms with van der Waals surface area (Å²) in [5.74, 6) is 0.306. The van der Waals surface area contributed by atoms with E-state index < -0.39 is 12.0 Å². The SMILES string of the molecule is CC1=C(C(=O)OC2CCCCC2)C(c2cccc(F)c2)n2nc(SCc3ccccc3Cl)nc2N1. The van der Waals surface area contributed by atoms with Crippen LogP contribution in [0.3, 0.4) is 0 Å². The van der Waals surface area contributed by atoms with Crippen LogP contribution >= 0.6 is 23.4 Å². The lowest BCUT2D eigenvalue weighted by molar-refractivity contribution is -0.146. The molecule has 0 bridgehead atoms. The summed E-state index contributed by atoms with van der Waals surface area (Å²) in [5.41, 5.74) is 2.63. The summed E-state index contributed by atoms with van der Waals surface area (Å²) < 4.78 is 21.8. The third kappa shape index (κ3) is 5.23. The maximum absolute atomic E-state index is 14.2. The second-order valence-electron chi connectivity index (χ2n) is 8.83. The first-order valence-corrected chi connectivity index (χ1v) is 13.1. The van der Waals surface area contributed by atoms with Gasteiger partial charge in [0.05, 0.1) is 5.57 Å². The maximum atomic E-state index is 14.2. The zero-order valence-corrected chi connectivity index (χ0v) is 20.9. The third-order valence-corrected chi connectivity index (χ3v) is 7.61. The van der Waals surface area contributed by atoms with Gasteiger partial charge >= 0.3 is 5.97 Å². The summed E-state index contributed by atoms with van der Waals surface area (Å²) in [5, 5.41) is 9.12. The van der Waals surface area contributed by atoms with E-state index in [2.05, 4.69) is 10.3 Å². The average Bonchev–Trinajstić information content (AvgIpc) is 3.25. The average molecular weight is 513 g/mol. The number of anilines is 1. The normalized spacial score (nSPS) is 18.2. The minimum absolute atomic E-state index is 0.0939. The zero-order valence-electron chi connectivity index (χ0n) is 19.3. The summed E-state index contributed by atoms with van der Waals surface area (Å²) >= 11 is 7.74. The fourth-order valence-electron chi connectivity index (χ4n) is 4.60. The van der Waals surface area contributed by atoms with Crippen molar-refractivity contribution in [3.8, 4) is 0 Å². The summed E-state index contributed by atoms with van der Waals surface area (Å²) in [6, 6.07) is 13.2. The van der Waals surface area contributed by atoms with Crippen molar-refractivity contribution < 1.29 is 13.9 Å². The smallest absolute Gasteiger partial charge is 0.338 e. The number of rotatable bonds is 6. The van der Waals surface area contributed by atoms with Crippen LogP contribution in [0.5, 0.6) is 0 Å². The van der Waals surface area contributed by atoms with Crippen LogP contribution in [-0.2, 0) is 15.3 Å². The first kappa shape index (κ1) is 23.9. The highest BCUT2D eigenvalue weighted by atomic mass is 35.5. The van der Waals surface area contributed by atoms with Gasteiger partial charge in [0.25, 0.3) is 0 Å². The monoisotopic (exact) mass is 512 g/mol. The second-order valence-corrected chi connectivity index (χ2v) is 10.2. The molecule has 2 aromatic carbocycles. The molecule has 1 saturated carbocycles. The number of nitrogens with zero attached hydrogens (tertiary/aromatic N) is 3. The van der Waals surface area contributed by atoms with E-state index >= 15 is 0 Å². The van der Waals surface area contributed by atoms with Crippen LogP contribution in [0.1, 0.15) is 56.2 Å². The summed E-state index contributed by atoms with van der Waals surface area (Å²) in [4.78, 5) is 18.0. The lowest BCUT2D eigenvalue weighted by Gasteiger charge is -2.30. The van der Waals surface area contributed by atoms with Crippen LogP contribution in [0.4, 0.5) is 10.3 Å². The van der Waals surface area contributed by atoms with Crippen LogP contribution in [-0.4, -0.2) is 26.8 Å². The van der Waals surface area contributed by atoms with Gasteiger partial charge < -0.3 is 10.1 Å². The van der Waals surface area contributed by atoms with Gasteiger partial charge in [0.2, 0.25) is 11.1 Å². The molecule has 1 N–H and O–H groups in total. The Bertz CT molecular complexity index is 1270. The highest BCUT2D eigenvalue weighted by Gasteiger charge is 2.36. The molecule has 1 unspecified atom stereocenters. The number of nitrogens with one attached hydrogen (secondary N) is 1. The molecule has 35 heavy (non-hydrogen) atoms. The number of aromatic nitrogens is 3. The molecule has 0 radical (unpaired) electrons. The first-order chi connectivity index (χ1) is 17.0. The van der Waals surface area contributed by atoms with E-state index in [1.165, 1.54) is 30.3 Å². The van der Waals surface area contributed by atoms with Gasteiger partial charge in [-0.3, -0.25) is 0 Å². The Morgan fingerprint density at radius 1 is 1.20 bits per heavy atom. The van der Waals surface area contributed by atoms with Crippen molar-refractivity contribution in [1.29, 1.82) is 0 Å². The number of ether oxygens (including phenoxy) is 1. The molecule has 9 heteroatoms. The molecule has 6 nitrogen and oxygen atoms in total. The fraction of sp³-hybridized carbons (Fsp3) is 0.346. The largest absolute Gasteiger partial charge is 0.459 e. The molecule has 5 rings (SSSR count). The number of hydrogen-bond donors (Lipinski definition) is 1. The molecule has 0 amide bonds. The van der Waals surface area contributed by atoms with E-state index in [1.807, 2.05) is 31.2 Å². The number of halogens is 2. The topological polar surface area (TPSA) is 69.0 Å². The zero-order chi connectivity index (χ0) is 24.4. The van der Waals surface area contributed by atoms with Gasteiger partial charge in [-0.2, -0.15) is 4.98 Å². The molecular weight excluding hydrogens is 487 g/mol. The predicted octanol–water partition coefficient (Wildman–Crippen LogP) is 6.53. The summed E-state index contributed by atoms with van der Waals surface area (Å²) in [6.07, 6.45) is 4.92. The van der Waals surface area contributed by atoms with Gasteiger partial charge in [-0.05, 0) is 61.9 Å². The van der Waals surface area contributed by atoms with Crippen molar-refractivity contribution in [1.82, 2.24) is 14.8 Å². The van der Waals surface area contributed by atoms with E-state index in [9.17, 15) is 9.18 Å². The van der Waals surface area contributed by atoms with Gasteiger partial charge in [0.15, 0.2) is 0 Å². The van der Waals surface area contributed by atoms with Crippen molar-refractivity contribution in [3.05, 3.63) is 81.8 Å². The van der Waals surface area contributed by atoms with Crippen molar-refractivity contribution in [2.24, 2.45) is 0 Å². The lowest BCUT2D eigenvalue weighted by Crippen LogP contribution is -2.32. The number of hydrogen-bond acceptors (Lipinski definition) is 6. The summed E-state index contributed by atoms with van der Waals surface area (Å²) in [6.45, 7) is 1.82. The number of thioether (sulfide) groups is 1. The minimum Gasteiger partial charge on any atom is -0.459 e. The Labute approximate surface area is 212 Å². The Balaban J connectivity index is 1.46. The minimum atomic E-state index is -0.653. The molecule has 1 aliphatic carbocycles. The Hall–Kier alpha value is -2.84. The number of allylic oxidation sites excluding steroid dienone is 1. The number of carbonyl (C=O) groups is 1. The van der Waals surface area contributed by atoms with Crippen LogP contribution in [0, 0.1) is 5.82 Å². The van der Waals surface area contributed by atoms with Crippen molar-refractivity contribution in [2.75, 3.05) is 5.32 Å². The molecule has 182 valence electrons. The standard InChI is InChI=1S/C26H26ClFN4O2S/c1-16-22(24(33)34-20-11-3-2-4-12-20)23(17-9-7-10-19(28)14-17)32-25(29-16)30-26(31-32)35-15-18-8-5-6-13-21(18)27/h5-10,13-14,20,23H,2-4,11-12,15H2,1H3,(H,29,30,31). The Morgan fingerprint density at radius 2 is 2.00 bits per heavy atom. The first-order valence-electron chi connectivity index (χ1n) is 11.8. The van der Waals surface area contributed by atoms with E-state index in [0.29, 0.717) is 38.7 Å². The highest BCUT2D eigenvalue weighted by molar-refractivity contribution is 7.98. The van der Waals surface area contributed by atoms with Crippen LogP contribution < -0.4 is 5.32 Å². The van der Waals surface area contributed by atoms with Gasteiger partial charge in [-0.25, -0.2) is 13.9 Å². The predicted molar refractivity (Wildman–Crippen MR) is 135 cm³/mol. The van der Waals surface area contributed by atoms with E-state index in [0.717, 1.165) is 31.2 Å². The number of fused-ring (bicyclic) bond motifs is 1. The molecule has 1 aromatic heterocycles. The van der Waals surface area contributed by atoms with Gasteiger partial charge in [0.1, 0.15) is 18.0 Å². The van der Waals surface area contributed by atoms with Gasteiger partial charge in [-0.15, -0.1) is 5.10 Å². The molecule has 0 spiro atoms. The fourth-order valence-corrected chi connectivity index (χ4v) is 5.71. The molecule has 1 atom stereocenters. The third-order valence-electron chi connectivity index (χ3n) is 6.36. The molecule has 0 saturated heterocycles. The summed E-state index contributed by atoms with van der Waals surface area (Å²) in [7, 11) is 0. The van der Waals surface area contributed by atoms with E-state index in [-0.39, 0.29) is 11.9 Å². The Morgan fingerprint density at radius 3 is 2.77 bits per heavy atom. The number of carbonyl (C=O) groups excluding carboxylic acids is 1. The molecule has 2 aliphatic rings.